The minimum Gasteiger partial charge on any atom is -0.444 e. The van der Waals surface area contributed by atoms with Crippen LogP contribution in [0.3, 0.4) is 0 Å². The van der Waals surface area contributed by atoms with Crippen molar-refractivity contribution in [3.63, 3.8) is 0 Å². The summed E-state index contributed by atoms with van der Waals surface area (Å²) in [5, 5.41) is 6.02. The van der Waals surface area contributed by atoms with Crippen LogP contribution in [-0.2, 0) is 14.3 Å². The molecule has 2 aromatic carbocycles. The number of nitrogens with one attached hydrogen (secondary N) is 2. The number of rotatable bonds is 9. The van der Waals surface area contributed by atoms with E-state index in [1.165, 1.54) is 0 Å². The molecule has 1 fully saturated rings. The van der Waals surface area contributed by atoms with Gasteiger partial charge in [0, 0.05) is 11.7 Å². The highest BCUT2D eigenvalue weighted by Crippen LogP contribution is 2.42. The molecule has 0 spiro atoms. The van der Waals surface area contributed by atoms with E-state index in [1.807, 2.05) is 77.9 Å². The molecule has 3 rings (SSSR count). The molecule has 2 aromatic rings. The summed E-state index contributed by atoms with van der Waals surface area (Å²) in [6.07, 6.45) is 0.824. The van der Waals surface area contributed by atoms with Crippen LogP contribution in [0.5, 0.6) is 0 Å². The van der Waals surface area contributed by atoms with Crippen molar-refractivity contribution in [2.75, 3.05) is 5.32 Å². The smallest absolute Gasteiger partial charge is 0.408 e. The summed E-state index contributed by atoms with van der Waals surface area (Å²) in [7, 11) is 0. The van der Waals surface area contributed by atoms with Gasteiger partial charge < -0.3 is 20.3 Å². The Morgan fingerprint density at radius 2 is 1.62 bits per heavy atom. The van der Waals surface area contributed by atoms with Crippen molar-refractivity contribution in [3.8, 4) is 0 Å². The van der Waals surface area contributed by atoms with E-state index < -0.39 is 23.8 Å². The fraction of sp³-hybridized carbons (Fsp3) is 0.545. The van der Waals surface area contributed by atoms with Gasteiger partial charge in [-0.2, -0.15) is 0 Å². The zero-order valence-electron chi connectivity index (χ0n) is 25.8. The first kappa shape index (κ1) is 31.2. The third-order valence-corrected chi connectivity index (χ3v) is 7.82. The second-order valence-corrected chi connectivity index (χ2v) is 12.6. The zero-order valence-corrected chi connectivity index (χ0v) is 25.8. The quantitative estimate of drug-likeness (QED) is 0.361. The number of ether oxygens (including phenoxy) is 1. The number of hydrogen-bond donors (Lipinski definition) is 2. The summed E-state index contributed by atoms with van der Waals surface area (Å²) in [6.45, 7) is 19.3. The minimum absolute atomic E-state index is 0.117. The molecule has 7 nitrogen and oxygen atoms in total. The van der Waals surface area contributed by atoms with Crippen LogP contribution in [0.25, 0.3) is 0 Å². The maximum atomic E-state index is 14.5. The van der Waals surface area contributed by atoms with Crippen LogP contribution >= 0.6 is 0 Å². The van der Waals surface area contributed by atoms with Crippen molar-refractivity contribution in [3.05, 3.63) is 64.2 Å². The molecule has 7 heteroatoms. The molecular formula is C33H47N3O4. The van der Waals surface area contributed by atoms with Gasteiger partial charge in [0.15, 0.2) is 0 Å². The maximum Gasteiger partial charge on any atom is 0.408 e. The third-order valence-electron chi connectivity index (χ3n) is 7.82. The van der Waals surface area contributed by atoms with Crippen molar-refractivity contribution >= 4 is 23.6 Å². The van der Waals surface area contributed by atoms with Crippen molar-refractivity contribution in [2.24, 2.45) is 11.8 Å². The molecule has 0 heterocycles. The molecule has 0 bridgehead atoms. The van der Waals surface area contributed by atoms with Crippen molar-refractivity contribution < 1.29 is 19.1 Å². The largest absolute Gasteiger partial charge is 0.444 e. The average molecular weight is 550 g/mol. The average Bonchev–Trinajstić information content (AvgIpc) is 3.58. The van der Waals surface area contributed by atoms with Gasteiger partial charge in [0.25, 0.3) is 5.91 Å². The second kappa shape index (κ2) is 12.4. The number of hydrogen-bond acceptors (Lipinski definition) is 4. The summed E-state index contributed by atoms with van der Waals surface area (Å²) in [4.78, 5) is 43.5. The fourth-order valence-corrected chi connectivity index (χ4v) is 5.13. The predicted molar refractivity (Wildman–Crippen MR) is 160 cm³/mol. The predicted octanol–water partition coefficient (Wildman–Crippen LogP) is 6.78. The molecule has 40 heavy (non-hydrogen) atoms. The van der Waals surface area contributed by atoms with Gasteiger partial charge in [-0.15, -0.1) is 0 Å². The van der Waals surface area contributed by atoms with Gasteiger partial charge in [0.1, 0.15) is 17.7 Å². The van der Waals surface area contributed by atoms with E-state index in [1.54, 1.807) is 25.7 Å². The molecule has 5 unspecified atom stereocenters. The number of nitrogens with zero attached hydrogens (tertiary/aromatic N) is 1. The molecule has 0 aromatic heterocycles. The van der Waals surface area contributed by atoms with Crippen LogP contribution in [-0.4, -0.2) is 40.5 Å². The van der Waals surface area contributed by atoms with Gasteiger partial charge in [-0.25, -0.2) is 4.79 Å². The number of carbonyl (C=O) groups is 3. The van der Waals surface area contributed by atoms with Crippen LogP contribution in [0.15, 0.2) is 36.4 Å². The van der Waals surface area contributed by atoms with Gasteiger partial charge in [0.05, 0.1) is 0 Å². The lowest BCUT2D eigenvalue weighted by Crippen LogP contribution is -2.55. The number of carbonyl (C=O) groups excluding carboxylic acids is 3. The lowest BCUT2D eigenvalue weighted by Gasteiger charge is -2.37. The SMILES string of the molecule is CCC(C)C(NC(=O)OC(C)(C)C)C(=O)N(C(C(=O)Nc1c(C)cccc1C)c1cc(C)ccc1C)C1CC1C. The monoisotopic (exact) mass is 549 g/mol. The Hall–Kier alpha value is -3.35. The Morgan fingerprint density at radius 1 is 1.02 bits per heavy atom. The lowest BCUT2D eigenvalue weighted by molar-refractivity contribution is -0.142. The summed E-state index contributed by atoms with van der Waals surface area (Å²) in [5.41, 5.74) is 4.68. The van der Waals surface area contributed by atoms with Gasteiger partial charge in [-0.05, 0) is 89.0 Å². The summed E-state index contributed by atoms with van der Waals surface area (Å²) in [5.74, 6) is -0.461. The van der Waals surface area contributed by atoms with E-state index in [9.17, 15) is 14.4 Å². The van der Waals surface area contributed by atoms with Gasteiger partial charge in [0.2, 0.25) is 5.91 Å². The molecule has 1 aliphatic rings. The number of para-hydroxylation sites is 1. The van der Waals surface area contributed by atoms with E-state index in [2.05, 4.69) is 17.6 Å². The maximum absolute atomic E-state index is 14.5. The minimum atomic E-state index is -0.867. The van der Waals surface area contributed by atoms with E-state index in [0.29, 0.717) is 6.42 Å². The van der Waals surface area contributed by atoms with E-state index in [0.717, 1.165) is 39.9 Å². The number of benzene rings is 2. The first-order chi connectivity index (χ1) is 18.6. The molecule has 3 amide bonds. The normalized spacial score (nSPS) is 18.8. The standard InChI is InChI=1S/C33H47N3O4/c1-11-20(3)28(35-32(39)40-33(8,9)10)31(38)36(26-18-24(26)7)29(25-17-19(2)15-16-21(25)4)30(37)34-27-22(5)13-12-14-23(27)6/h12-17,20,24,26,28-29H,11,18H2,1-10H3,(H,34,37)(H,35,39). The number of amides is 3. The summed E-state index contributed by atoms with van der Waals surface area (Å²) in [6, 6.07) is 10.1. The van der Waals surface area contributed by atoms with E-state index >= 15 is 0 Å². The Morgan fingerprint density at radius 3 is 2.15 bits per heavy atom. The Labute approximate surface area is 240 Å². The van der Waals surface area contributed by atoms with E-state index in [-0.39, 0.29) is 29.7 Å². The fourth-order valence-electron chi connectivity index (χ4n) is 5.13. The van der Waals surface area contributed by atoms with Crippen LogP contribution in [0.4, 0.5) is 10.5 Å². The van der Waals surface area contributed by atoms with Crippen LogP contribution < -0.4 is 10.6 Å². The Bertz CT molecular complexity index is 1230. The second-order valence-electron chi connectivity index (χ2n) is 12.6. The molecular weight excluding hydrogens is 502 g/mol. The van der Waals surface area contributed by atoms with Crippen LogP contribution in [0, 0.1) is 39.5 Å². The summed E-state index contributed by atoms with van der Waals surface area (Å²) < 4.78 is 5.52. The molecule has 0 radical (unpaired) electrons. The number of anilines is 1. The molecule has 0 aliphatic heterocycles. The van der Waals surface area contributed by atoms with Gasteiger partial charge in [-0.3, -0.25) is 9.59 Å². The van der Waals surface area contributed by atoms with E-state index in [4.69, 9.17) is 4.74 Å². The first-order valence-electron chi connectivity index (χ1n) is 14.4. The topological polar surface area (TPSA) is 87.7 Å². The zero-order chi connectivity index (χ0) is 29.9. The number of alkyl carbamates (subject to hydrolysis) is 1. The van der Waals surface area contributed by atoms with Crippen molar-refractivity contribution in [1.29, 1.82) is 0 Å². The molecule has 1 aliphatic carbocycles. The van der Waals surface area contributed by atoms with Gasteiger partial charge in [-0.1, -0.05) is 69.2 Å². The number of aryl methyl sites for hydroxylation is 4. The van der Waals surface area contributed by atoms with Crippen molar-refractivity contribution in [2.45, 2.75) is 106 Å². The Kier molecular flexibility index (Phi) is 9.70. The Balaban J connectivity index is 2.12. The first-order valence-corrected chi connectivity index (χ1v) is 14.4. The highest BCUT2D eigenvalue weighted by atomic mass is 16.6. The molecule has 218 valence electrons. The molecule has 2 N–H and O–H groups in total. The van der Waals surface area contributed by atoms with Crippen LogP contribution in [0.1, 0.15) is 88.2 Å². The molecule has 1 saturated carbocycles. The van der Waals surface area contributed by atoms with Gasteiger partial charge >= 0.3 is 6.09 Å². The third kappa shape index (κ3) is 7.43. The molecule has 5 atom stereocenters. The van der Waals surface area contributed by atoms with Crippen molar-refractivity contribution in [1.82, 2.24) is 10.2 Å². The molecule has 0 saturated heterocycles. The lowest BCUT2D eigenvalue weighted by atomic mass is 9.93. The van der Waals surface area contributed by atoms with Crippen LogP contribution in [0.2, 0.25) is 0 Å². The highest BCUT2D eigenvalue weighted by Gasteiger charge is 2.49. The highest BCUT2D eigenvalue weighted by molar-refractivity contribution is 6.00. The summed E-state index contributed by atoms with van der Waals surface area (Å²) >= 11 is 0.